The molecule has 0 unspecified atom stereocenters. The molecular weight excluding hydrogens is 306 g/mol. The predicted molar refractivity (Wildman–Crippen MR) is 93.9 cm³/mol. The second kappa shape index (κ2) is 8.37. The topological polar surface area (TPSA) is 70.7 Å². The van der Waals surface area contributed by atoms with Gasteiger partial charge in [-0.3, -0.25) is 14.5 Å². The molecule has 1 aliphatic rings. The number of anilines is 2. The summed E-state index contributed by atoms with van der Waals surface area (Å²) in [5.74, 6) is 2.94. The maximum atomic E-state index is 12.5. The molecule has 0 aromatic heterocycles. The largest absolute Gasteiger partial charge is 0.495 e. The van der Waals surface area contributed by atoms with Crippen LogP contribution in [0.25, 0.3) is 0 Å². The summed E-state index contributed by atoms with van der Waals surface area (Å²) >= 11 is 0. The first-order valence-electron chi connectivity index (χ1n) is 7.95. The second-order valence-corrected chi connectivity index (χ2v) is 5.84. The SMILES string of the molecule is C#CCN1CCC(C(=O)Nc2cc(NC(C)=O)ccc2OC)CC1. The van der Waals surface area contributed by atoms with Gasteiger partial charge >= 0.3 is 0 Å². The van der Waals surface area contributed by atoms with Crippen LogP contribution < -0.4 is 15.4 Å². The van der Waals surface area contributed by atoms with Crippen molar-refractivity contribution >= 4 is 23.2 Å². The van der Waals surface area contributed by atoms with E-state index in [9.17, 15) is 9.59 Å². The van der Waals surface area contributed by atoms with Gasteiger partial charge in [0.1, 0.15) is 5.75 Å². The number of hydrogen-bond acceptors (Lipinski definition) is 4. The quantitative estimate of drug-likeness (QED) is 0.810. The summed E-state index contributed by atoms with van der Waals surface area (Å²) in [7, 11) is 1.54. The number of carbonyl (C=O) groups excluding carboxylic acids is 2. The highest BCUT2D eigenvalue weighted by Gasteiger charge is 2.25. The van der Waals surface area contributed by atoms with Gasteiger partial charge in [-0.1, -0.05) is 5.92 Å². The summed E-state index contributed by atoms with van der Waals surface area (Å²) < 4.78 is 5.28. The molecule has 1 aliphatic heterocycles. The Morgan fingerprint density at radius 1 is 1.33 bits per heavy atom. The molecule has 2 N–H and O–H groups in total. The van der Waals surface area contributed by atoms with Crippen molar-refractivity contribution in [3.05, 3.63) is 18.2 Å². The lowest BCUT2D eigenvalue weighted by Gasteiger charge is -2.29. The minimum Gasteiger partial charge on any atom is -0.495 e. The zero-order valence-corrected chi connectivity index (χ0v) is 14.1. The molecule has 1 heterocycles. The van der Waals surface area contributed by atoms with Crippen LogP contribution in [0.1, 0.15) is 19.8 Å². The van der Waals surface area contributed by atoms with Gasteiger partial charge in [0.25, 0.3) is 0 Å². The van der Waals surface area contributed by atoms with Gasteiger partial charge in [-0.15, -0.1) is 6.42 Å². The number of terminal acetylenes is 1. The zero-order chi connectivity index (χ0) is 17.5. The number of piperidine rings is 1. The van der Waals surface area contributed by atoms with E-state index in [1.807, 2.05) is 0 Å². The Labute approximate surface area is 142 Å². The van der Waals surface area contributed by atoms with E-state index >= 15 is 0 Å². The van der Waals surface area contributed by atoms with Gasteiger partial charge in [0.2, 0.25) is 11.8 Å². The van der Waals surface area contributed by atoms with Gasteiger partial charge in [-0.05, 0) is 44.1 Å². The Kier molecular flexibility index (Phi) is 6.21. The number of nitrogens with zero attached hydrogens (tertiary/aromatic N) is 1. The van der Waals surface area contributed by atoms with Crippen molar-refractivity contribution in [1.82, 2.24) is 4.90 Å². The summed E-state index contributed by atoms with van der Waals surface area (Å²) in [6.45, 7) is 3.71. The van der Waals surface area contributed by atoms with Crippen LogP contribution in [0.3, 0.4) is 0 Å². The summed E-state index contributed by atoms with van der Waals surface area (Å²) in [6, 6.07) is 5.15. The average molecular weight is 329 g/mol. The highest BCUT2D eigenvalue weighted by molar-refractivity contribution is 5.96. The van der Waals surface area contributed by atoms with Crippen LogP contribution >= 0.6 is 0 Å². The van der Waals surface area contributed by atoms with Crippen molar-refractivity contribution in [2.45, 2.75) is 19.8 Å². The number of benzene rings is 1. The Hall–Kier alpha value is -2.52. The van der Waals surface area contributed by atoms with Gasteiger partial charge in [-0.2, -0.15) is 0 Å². The van der Waals surface area contributed by atoms with Crippen LogP contribution in [0, 0.1) is 18.3 Å². The molecule has 24 heavy (non-hydrogen) atoms. The first-order valence-corrected chi connectivity index (χ1v) is 7.95. The molecule has 1 fully saturated rings. The lowest BCUT2D eigenvalue weighted by Crippen LogP contribution is -2.38. The van der Waals surface area contributed by atoms with Crippen LogP contribution in [-0.2, 0) is 9.59 Å². The third kappa shape index (κ3) is 4.74. The van der Waals surface area contributed by atoms with Gasteiger partial charge < -0.3 is 15.4 Å². The third-order valence-corrected chi connectivity index (χ3v) is 4.05. The molecule has 1 aromatic carbocycles. The van der Waals surface area contributed by atoms with E-state index in [0.29, 0.717) is 23.7 Å². The van der Waals surface area contributed by atoms with Gasteiger partial charge in [0.05, 0.1) is 19.3 Å². The lowest BCUT2D eigenvalue weighted by atomic mass is 9.96. The Morgan fingerprint density at radius 2 is 2.04 bits per heavy atom. The zero-order valence-electron chi connectivity index (χ0n) is 14.1. The molecule has 2 amide bonds. The molecule has 6 nitrogen and oxygen atoms in total. The van der Waals surface area contributed by atoms with Crippen molar-refractivity contribution in [2.75, 3.05) is 37.4 Å². The molecule has 1 aromatic rings. The molecule has 6 heteroatoms. The average Bonchev–Trinajstić information content (AvgIpc) is 2.55. The highest BCUT2D eigenvalue weighted by atomic mass is 16.5. The maximum absolute atomic E-state index is 12.5. The molecule has 0 aliphatic carbocycles. The molecule has 128 valence electrons. The molecule has 0 spiro atoms. The van der Waals surface area contributed by atoms with Crippen LogP contribution in [0.5, 0.6) is 5.75 Å². The van der Waals surface area contributed by atoms with Gasteiger partial charge in [0, 0.05) is 18.5 Å². The summed E-state index contributed by atoms with van der Waals surface area (Å²) in [5.41, 5.74) is 1.17. The molecule has 0 radical (unpaired) electrons. The minimum atomic E-state index is -0.168. The first kappa shape index (κ1) is 17.8. The maximum Gasteiger partial charge on any atom is 0.227 e. The predicted octanol–water partition coefficient (Wildman–Crippen LogP) is 1.94. The van der Waals surface area contributed by atoms with Crippen LogP contribution in [0.15, 0.2) is 18.2 Å². The fourth-order valence-electron chi connectivity index (χ4n) is 2.80. The Morgan fingerprint density at radius 3 is 2.62 bits per heavy atom. The minimum absolute atomic E-state index is 0.0337. The summed E-state index contributed by atoms with van der Waals surface area (Å²) in [6.07, 6.45) is 6.88. The lowest BCUT2D eigenvalue weighted by molar-refractivity contribution is -0.121. The van der Waals surface area contributed by atoms with Crippen molar-refractivity contribution < 1.29 is 14.3 Å². The van der Waals surface area contributed by atoms with Crippen LogP contribution in [0.4, 0.5) is 11.4 Å². The molecule has 1 saturated heterocycles. The van der Waals surface area contributed by atoms with Crippen molar-refractivity contribution in [3.63, 3.8) is 0 Å². The van der Waals surface area contributed by atoms with Gasteiger partial charge in [-0.25, -0.2) is 0 Å². The Balaban J connectivity index is 2.03. The highest BCUT2D eigenvalue weighted by Crippen LogP contribution is 2.29. The molecular formula is C18H23N3O3. The van der Waals surface area contributed by atoms with E-state index in [-0.39, 0.29) is 17.7 Å². The molecule has 2 rings (SSSR count). The number of rotatable bonds is 5. The van der Waals surface area contributed by atoms with E-state index in [4.69, 9.17) is 11.2 Å². The molecule has 0 saturated carbocycles. The number of methoxy groups -OCH3 is 1. The number of amides is 2. The molecule has 0 bridgehead atoms. The standard InChI is InChI=1S/C18H23N3O3/c1-4-9-21-10-7-14(8-11-21)18(23)20-16-12-15(19-13(2)22)5-6-17(16)24-3/h1,5-6,12,14H,7-11H2,2-3H3,(H,19,22)(H,20,23). The van der Waals surface area contributed by atoms with Gasteiger partial charge in [0.15, 0.2) is 0 Å². The van der Waals surface area contributed by atoms with Crippen LogP contribution in [0.2, 0.25) is 0 Å². The normalized spacial score (nSPS) is 15.4. The summed E-state index contributed by atoms with van der Waals surface area (Å²) in [4.78, 5) is 25.9. The van der Waals surface area contributed by atoms with Crippen LogP contribution in [-0.4, -0.2) is 43.5 Å². The fourth-order valence-corrected chi connectivity index (χ4v) is 2.80. The number of nitrogens with one attached hydrogen (secondary N) is 2. The second-order valence-electron chi connectivity index (χ2n) is 5.84. The first-order chi connectivity index (χ1) is 11.5. The van der Waals surface area contributed by atoms with Crippen molar-refractivity contribution in [3.8, 4) is 18.1 Å². The van der Waals surface area contributed by atoms with E-state index in [1.165, 1.54) is 6.92 Å². The Bertz CT molecular complexity index is 643. The van der Waals surface area contributed by atoms with E-state index in [1.54, 1.807) is 25.3 Å². The number of ether oxygens (including phenoxy) is 1. The fraction of sp³-hybridized carbons (Fsp3) is 0.444. The van der Waals surface area contributed by atoms with E-state index in [2.05, 4.69) is 21.5 Å². The summed E-state index contributed by atoms with van der Waals surface area (Å²) in [5, 5.41) is 5.62. The number of hydrogen-bond donors (Lipinski definition) is 2. The number of carbonyl (C=O) groups is 2. The molecule has 0 atom stereocenters. The monoisotopic (exact) mass is 329 g/mol. The third-order valence-electron chi connectivity index (χ3n) is 4.05. The van der Waals surface area contributed by atoms with E-state index < -0.39 is 0 Å². The number of likely N-dealkylation sites (tertiary alicyclic amines) is 1. The smallest absolute Gasteiger partial charge is 0.227 e. The van der Waals surface area contributed by atoms with E-state index in [0.717, 1.165) is 25.9 Å². The van der Waals surface area contributed by atoms with Crippen molar-refractivity contribution in [1.29, 1.82) is 0 Å². The van der Waals surface area contributed by atoms with Crippen molar-refractivity contribution in [2.24, 2.45) is 5.92 Å².